The lowest BCUT2D eigenvalue weighted by atomic mass is 10.1. The monoisotopic (exact) mass is 380 g/mol. The number of rotatable bonds is 5. The second kappa shape index (κ2) is 7.72. The second-order valence-corrected chi connectivity index (χ2v) is 6.74. The molecule has 1 amide bonds. The van der Waals surface area contributed by atoms with Crippen molar-refractivity contribution in [3.8, 4) is 5.69 Å². The summed E-state index contributed by atoms with van der Waals surface area (Å²) >= 11 is 0. The molecule has 0 aliphatic carbocycles. The summed E-state index contributed by atoms with van der Waals surface area (Å²) in [6, 6.07) is 6.81. The predicted octanol–water partition coefficient (Wildman–Crippen LogP) is 3.41. The first-order chi connectivity index (χ1) is 12.8. The number of likely N-dealkylation sites (N-methyl/N-ethyl adjacent to an activating group) is 1. The lowest BCUT2D eigenvalue weighted by molar-refractivity contribution is -0.143. The van der Waals surface area contributed by atoms with E-state index >= 15 is 0 Å². The summed E-state index contributed by atoms with van der Waals surface area (Å²) in [5.41, 5.74) is -0.556. The van der Waals surface area contributed by atoms with Crippen LogP contribution in [0.5, 0.6) is 0 Å². The van der Waals surface area contributed by atoms with Gasteiger partial charge in [0, 0.05) is 12.6 Å². The van der Waals surface area contributed by atoms with E-state index in [1.165, 1.54) is 0 Å². The van der Waals surface area contributed by atoms with Crippen molar-refractivity contribution in [1.29, 1.82) is 0 Å². The molecule has 8 heteroatoms. The lowest BCUT2D eigenvalue weighted by Gasteiger charge is -2.23. The number of hydrogen-bond donors (Lipinski definition) is 1. The van der Waals surface area contributed by atoms with Gasteiger partial charge in [0.1, 0.15) is 0 Å². The molecule has 1 atom stereocenters. The highest BCUT2D eigenvalue weighted by Crippen LogP contribution is 2.34. The Hall–Kier alpha value is -2.35. The van der Waals surface area contributed by atoms with Gasteiger partial charge in [-0.05, 0) is 44.5 Å². The third kappa shape index (κ3) is 4.00. The van der Waals surface area contributed by atoms with E-state index in [9.17, 15) is 18.0 Å². The number of carbonyl (C=O) groups is 1. The maximum absolute atomic E-state index is 13.7. The number of carbonyl (C=O) groups excluding carboxylic acids is 1. The van der Waals surface area contributed by atoms with E-state index in [4.69, 9.17) is 0 Å². The molecule has 1 aromatic heterocycles. The minimum Gasteiger partial charge on any atom is -0.350 e. The standard InChI is InChI=1S/C19H23F3N4O/c1-3-25-10-6-8-14(25)11-23-18(27)15-12-24-26(17(15)19(20,21)22)16-9-5-4-7-13(16)2/h4-5,7,9,12,14H,3,6,8,10-11H2,1-2H3,(H,23,27). The van der Waals surface area contributed by atoms with Crippen LogP contribution in [0.4, 0.5) is 13.2 Å². The fraction of sp³-hybridized carbons (Fsp3) is 0.474. The molecule has 0 radical (unpaired) electrons. The number of para-hydroxylation sites is 1. The molecule has 27 heavy (non-hydrogen) atoms. The molecule has 1 aliphatic heterocycles. The predicted molar refractivity (Wildman–Crippen MR) is 95.9 cm³/mol. The third-order valence-electron chi connectivity index (χ3n) is 5.03. The highest BCUT2D eigenvalue weighted by Gasteiger charge is 2.41. The van der Waals surface area contributed by atoms with Crippen LogP contribution in [0.1, 0.15) is 41.4 Å². The average Bonchev–Trinajstić information content (AvgIpc) is 3.26. The number of nitrogens with zero attached hydrogens (tertiary/aromatic N) is 3. The number of halogens is 3. The topological polar surface area (TPSA) is 50.2 Å². The summed E-state index contributed by atoms with van der Waals surface area (Å²) < 4.78 is 42.0. The lowest BCUT2D eigenvalue weighted by Crippen LogP contribution is -2.40. The largest absolute Gasteiger partial charge is 0.434 e. The van der Waals surface area contributed by atoms with Crippen molar-refractivity contribution in [3.63, 3.8) is 0 Å². The molecule has 5 nitrogen and oxygen atoms in total. The normalized spacial score (nSPS) is 18.0. The first-order valence-corrected chi connectivity index (χ1v) is 9.06. The number of likely N-dealkylation sites (tertiary alicyclic amines) is 1. The van der Waals surface area contributed by atoms with Gasteiger partial charge < -0.3 is 5.32 Å². The Balaban J connectivity index is 1.87. The molecule has 0 bridgehead atoms. The van der Waals surface area contributed by atoms with Crippen LogP contribution < -0.4 is 5.32 Å². The van der Waals surface area contributed by atoms with E-state index in [2.05, 4.69) is 15.3 Å². The molecule has 2 heterocycles. The fourth-order valence-electron chi connectivity index (χ4n) is 3.62. The maximum atomic E-state index is 13.7. The Kier molecular flexibility index (Phi) is 5.55. The fourth-order valence-corrected chi connectivity index (χ4v) is 3.62. The molecule has 1 aliphatic rings. The summed E-state index contributed by atoms with van der Waals surface area (Å²) in [5, 5.41) is 6.53. The quantitative estimate of drug-likeness (QED) is 0.865. The smallest absolute Gasteiger partial charge is 0.350 e. The number of amides is 1. The van der Waals surface area contributed by atoms with Gasteiger partial charge >= 0.3 is 6.18 Å². The van der Waals surface area contributed by atoms with E-state index in [-0.39, 0.29) is 6.04 Å². The summed E-state index contributed by atoms with van der Waals surface area (Å²) in [7, 11) is 0. The van der Waals surface area contributed by atoms with E-state index in [0.717, 1.165) is 36.8 Å². The zero-order valence-corrected chi connectivity index (χ0v) is 15.4. The molecule has 3 rings (SSSR count). The Bertz CT molecular complexity index is 816. The molecule has 146 valence electrons. The van der Waals surface area contributed by atoms with E-state index < -0.39 is 23.3 Å². The Morgan fingerprint density at radius 3 is 2.74 bits per heavy atom. The molecule has 1 saturated heterocycles. The SMILES string of the molecule is CCN1CCCC1CNC(=O)c1cnn(-c2ccccc2C)c1C(F)(F)F. The second-order valence-electron chi connectivity index (χ2n) is 6.74. The highest BCUT2D eigenvalue weighted by molar-refractivity contribution is 5.95. The van der Waals surface area contributed by atoms with E-state index in [0.29, 0.717) is 17.8 Å². The van der Waals surface area contributed by atoms with Gasteiger partial charge in [-0.15, -0.1) is 0 Å². The summed E-state index contributed by atoms with van der Waals surface area (Å²) in [6.07, 6.45) is -1.73. The molecule has 1 unspecified atom stereocenters. The molecule has 1 aromatic carbocycles. The first kappa shape index (κ1) is 19.4. The number of aryl methyl sites for hydroxylation is 1. The third-order valence-corrected chi connectivity index (χ3v) is 5.03. The molecular weight excluding hydrogens is 357 g/mol. The van der Waals surface area contributed by atoms with Crippen LogP contribution in [-0.2, 0) is 6.18 Å². The minimum absolute atomic E-state index is 0.166. The minimum atomic E-state index is -4.70. The van der Waals surface area contributed by atoms with Crippen molar-refractivity contribution in [1.82, 2.24) is 20.0 Å². The van der Waals surface area contributed by atoms with Crippen molar-refractivity contribution >= 4 is 5.91 Å². The van der Waals surface area contributed by atoms with Gasteiger partial charge in [-0.2, -0.15) is 18.3 Å². The number of nitrogens with one attached hydrogen (secondary N) is 1. The van der Waals surface area contributed by atoms with Gasteiger partial charge in [-0.3, -0.25) is 9.69 Å². The van der Waals surface area contributed by atoms with E-state index in [1.807, 2.05) is 6.92 Å². The first-order valence-electron chi connectivity index (χ1n) is 9.06. The van der Waals surface area contributed by atoms with Gasteiger partial charge in [0.2, 0.25) is 0 Å². The van der Waals surface area contributed by atoms with E-state index in [1.54, 1.807) is 31.2 Å². The van der Waals surface area contributed by atoms with Gasteiger partial charge in [-0.25, -0.2) is 4.68 Å². The van der Waals surface area contributed by atoms with Gasteiger partial charge in [0.05, 0.1) is 17.4 Å². The van der Waals surface area contributed by atoms with Crippen LogP contribution in [0.15, 0.2) is 30.5 Å². The number of benzene rings is 1. The Morgan fingerprint density at radius 2 is 2.07 bits per heavy atom. The zero-order valence-electron chi connectivity index (χ0n) is 15.4. The molecule has 1 N–H and O–H groups in total. The number of hydrogen-bond acceptors (Lipinski definition) is 3. The summed E-state index contributed by atoms with van der Waals surface area (Å²) in [6.45, 7) is 5.89. The number of alkyl halides is 3. The van der Waals surface area contributed by atoms with Crippen molar-refractivity contribution in [2.24, 2.45) is 0 Å². The number of aromatic nitrogens is 2. The van der Waals surface area contributed by atoms with Crippen LogP contribution in [0.3, 0.4) is 0 Å². The van der Waals surface area contributed by atoms with Crippen LogP contribution in [-0.4, -0.2) is 46.3 Å². The van der Waals surface area contributed by atoms with Crippen LogP contribution >= 0.6 is 0 Å². The van der Waals surface area contributed by atoms with Crippen LogP contribution in [0.2, 0.25) is 0 Å². The highest BCUT2D eigenvalue weighted by atomic mass is 19.4. The average molecular weight is 380 g/mol. The molecular formula is C19H23F3N4O. The Morgan fingerprint density at radius 1 is 1.33 bits per heavy atom. The summed E-state index contributed by atoms with van der Waals surface area (Å²) in [4.78, 5) is 14.7. The summed E-state index contributed by atoms with van der Waals surface area (Å²) in [5.74, 6) is -0.745. The van der Waals surface area contributed by atoms with Gasteiger partial charge in [-0.1, -0.05) is 25.1 Å². The van der Waals surface area contributed by atoms with Crippen molar-refractivity contribution < 1.29 is 18.0 Å². The molecule has 1 fully saturated rings. The van der Waals surface area contributed by atoms with Crippen molar-refractivity contribution in [2.75, 3.05) is 19.6 Å². The van der Waals surface area contributed by atoms with Crippen molar-refractivity contribution in [2.45, 2.75) is 38.9 Å². The maximum Gasteiger partial charge on any atom is 0.434 e. The van der Waals surface area contributed by atoms with Crippen LogP contribution in [0, 0.1) is 6.92 Å². The zero-order chi connectivity index (χ0) is 19.6. The van der Waals surface area contributed by atoms with Gasteiger partial charge in [0.25, 0.3) is 5.91 Å². The molecule has 0 spiro atoms. The van der Waals surface area contributed by atoms with Crippen LogP contribution in [0.25, 0.3) is 5.69 Å². The van der Waals surface area contributed by atoms with Crippen molar-refractivity contribution in [3.05, 3.63) is 47.3 Å². The Labute approximate surface area is 156 Å². The van der Waals surface area contributed by atoms with Gasteiger partial charge in [0.15, 0.2) is 5.69 Å². The molecule has 0 saturated carbocycles. The molecule has 2 aromatic rings.